The summed E-state index contributed by atoms with van der Waals surface area (Å²) < 4.78 is 6.94. The third kappa shape index (κ3) is 6.24. The van der Waals surface area contributed by atoms with E-state index in [1.807, 2.05) is 12.1 Å². The Bertz CT molecular complexity index is 1360. The number of aromatic amines is 1. The molecule has 0 unspecified atom stereocenters. The molecule has 0 saturated carbocycles. The number of fused-ring (bicyclic) bond motifs is 1. The molecule has 11 heteroatoms. The van der Waals surface area contributed by atoms with Gasteiger partial charge in [0.25, 0.3) is 5.56 Å². The number of carbonyl (C=O) groups is 1. The molecule has 0 radical (unpaired) electrons. The number of aromatic nitrogens is 4. The highest BCUT2D eigenvalue weighted by Gasteiger charge is 2.15. The molecular formula is C24H25ClN5O5-. The van der Waals surface area contributed by atoms with Gasteiger partial charge >= 0.3 is 5.69 Å². The zero-order valence-corrected chi connectivity index (χ0v) is 20.2. The van der Waals surface area contributed by atoms with Gasteiger partial charge in [0.2, 0.25) is 5.28 Å². The van der Waals surface area contributed by atoms with E-state index in [0.29, 0.717) is 4.57 Å². The number of carboxylic acid groups (broad SMARTS) is 1. The second kappa shape index (κ2) is 11.6. The normalized spacial score (nSPS) is 11.0. The summed E-state index contributed by atoms with van der Waals surface area (Å²) in [6.45, 7) is 1.65. The van der Waals surface area contributed by atoms with Gasteiger partial charge in [-0.05, 0) is 36.8 Å². The van der Waals surface area contributed by atoms with Crippen molar-refractivity contribution in [2.45, 2.75) is 6.10 Å². The van der Waals surface area contributed by atoms with Crippen LogP contribution in [0.5, 0.6) is 0 Å². The van der Waals surface area contributed by atoms with E-state index in [4.69, 9.17) is 16.3 Å². The Hall–Kier alpha value is -3.73. The van der Waals surface area contributed by atoms with Crippen molar-refractivity contribution in [3.05, 3.63) is 97.9 Å². The van der Waals surface area contributed by atoms with Gasteiger partial charge in [-0.25, -0.2) is 9.36 Å². The zero-order chi connectivity index (χ0) is 25.5. The Morgan fingerprint density at radius 1 is 1.09 bits per heavy atom. The zero-order valence-electron chi connectivity index (χ0n) is 19.5. The number of nitrogens with one attached hydrogen (secondary N) is 1. The molecule has 0 saturated heterocycles. The Labute approximate surface area is 206 Å². The van der Waals surface area contributed by atoms with E-state index in [2.05, 4.69) is 77.5 Å². The molecule has 0 spiro atoms. The number of halogens is 1. The number of rotatable bonds is 6. The van der Waals surface area contributed by atoms with E-state index in [1.54, 1.807) is 0 Å². The van der Waals surface area contributed by atoms with Gasteiger partial charge in [0.1, 0.15) is 6.10 Å². The monoisotopic (exact) mass is 498 g/mol. The Morgan fingerprint density at radius 3 is 2.11 bits per heavy atom. The number of hydrogen-bond acceptors (Lipinski definition) is 7. The first-order valence-electron chi connectivity index (χ1n) is 10.7. The lowest BCUT2D eigenvalue weighted by molar-refractivity contribution is -0.250. The molecule has 184 valence electrons. The maximum Gasteiger partial charge on any atom is 0.338 e. The molecule has 2 heterocycles. The standard InChI is InChI=1S/C17H21NO.C7H5ClN4O4/c1-18(2)13-14-19-17(15-9-5-3-6-10-15)16-11-7-4-8-12-16;1-11-4(13)2-3(10-5(8)9-2)12(6(11)14)7(15)16/h3-12,17H,13-14H2,1-2H3;1H3,(H,9,10)(H,15,16)/p-1. The van der Waals surface area contributed by atoms with Gasteiger partial charge in [-0.3, -0.25) is 9.36 Å². The molecule has 4 rings (SSSR count). The quantitative estimate of drug-likeness (QED) is 0.400. The van der Waals surface area contributed by atoms with Crippen LogP contribution in [0.15, 0.2) is 70.3 Å². The van der Waals surface area contributed by atoms with E-state index in [1.165, 1.54) is 11.1 Å². The highest BCUT2D eigenvalue weighted by molar-refractivity contribution is 6.29. The van der Waals surface area contributed by atoms with Gasteiger partial charge in [0.15, 0.2) is 17.3 Å². The van der Waals surface area contributed by atoms with E-state index in [9.17, 15) is 19.5 Å². The predicted octanol–water partition coefficient (Wildman–Crippen LogP) is 1.62. The van der Waals surface area contributed by atoms with Crippen LogP contribution in [0.3, 0.4) is 0 Å². The van der Waals surface area contributed by atoms with E-state index in [-0.39, 0.29) is 27.1 Å². The molecule has 35 heavy (non-hydrogen) atoms. The largest absolute Gasteiger partial charge is 0.529 e. The number of hydrogen-bond donors (Lipinski definition) is 1. The first-order valence-corrected chi connectivity index (χ1v) is 11.0. The molecular weight excluding hydrogens is 474 g/mol. The molecule has 10 nitrogen and oxygen atoms in total. The summed E-state index contributed by atoms with van der Waals surface area (Å²) in [4.78, 5) is 41.8. The lowest BCUT2D eigenvalue weighted by atomic mass is 10.0. The second-order valence-corrected chi connectivity index (χ2v) is 8.21. The Balaban J connectivity index is 0.000000198. The van der Waals surface area contributed by atoms with Gasteiger partial charge in [0, 0.05) is 13.6 Å². The number of H-pyrrole nitrogens is 1. The van der Waals surface area contributed by atoms with Crippen LogP contribution in [0.2, 0.25) is 5.28 Å². The third-order valence-corrected chi connectivity index (χ3v) is 5.25. The molecule has 0 amide bonds. The minimum absolute atomic E-state index is 0.0161. The van der Waals surface area contributed by atoms with Crippen LogP contribution >= 0.6 is 11.6 Å². The first-order chi connectivity index (χ1) is 16.7. The van der Waals surface area contributed by atoms with Crippen LogP contribution < -0.4 is 16.4 Å². The van der Waals surface area contributed by atoms with Crippen molar-refractivity contribution in [2.24, 2.45) is 7.05 Å². The van der Waals surface area contributed by atoms with Gasteiger partial charge in [-0.15, -0.1) is 0 Å². The molecule has 0 bridgehead atoms. The van der Waals surface area contributed by atoms with E-state index < -0.39 is 17.3 Å². The molecule has 4 aromatic rings. The van der Waals surface area contributed by atoms with Crippen molar-refractivity contribution in [1.29, 1.82) is 0 Å². The van der Waals surface area contributed by atoms with Crippen LogP contribution in [0.1, 0.15) is 17.2 Å². The molecule has 0 aliphatic carbocycles. The lowest BCUT2D eigenvalue weighted by Crippen LogP contribution is -2.45. The van der Waals surface area contributed by atoms with Gasteiger partial charge in [-0.1, -0.05) is 60.7 Å². The van der Waals surface area contributed by atoms with Crippen molar-refractivity contribution in [1.82, 2.24) is 24.0 Å². The average Bonchev–Trinajstić information content (AvgIpc) is 3.22. The summed E-state index contributed by atoms with van der Waals surface area (Å²) in [5, 5.41) is 10.6. The smallest absolute Gasteiger partial charge is 0.338 e. The second-order valence-electron chi connectivity index (χ2n) is 7.85. The summed E-state index contributed by atoms with van der Waals surface area (Å²) >= 11 is 5.49. The summed E-state index contributed by atoms with van der Waals surface area (Å²) in [5.41, 5.74) is 0.104. The van der Waals surface area contributed by atoms with Crippen LogP contribution in [0.25, 0.3) is 11.2 Å². The van der Waals surface area contributed by atoms with Crippen molar-refractivity contribution in [3.8, 4) is 0 Å². The van der Waals surface area contributed by atoms with E-state index >= 15 is 0 Å². The summed E-state index contributed by atoms with van der Waals surface area (Å²) in [6.07, 6.45) is -1.77. The number of ether oxygens (including phenoxy) is 1. The van der Waals surface area contributed by atoms with Gasteiger partial charge in [0.05, 0.1) is 6.61 Å². The first kappa shape index (κ1) is 25.9. The van der Waals surface area contributed by atoms with E-state index in [0.717, 1.165) is 20.2 Å². The average molecular weight is 499 g/mol. The molecule has 0 aliphatic rings. The van der Waals surface area contributed by atoms with Crippen molar-refractivity contribution >= 4 is 28.9 Å². The minimum Gasteiger partial charge on any atom is -0.529 e. The van der Waals surface area contributed by atoms with Gasteiger partial charge < -0.3 is 24.5 Å². The van der Waals surface area contributed by atoms with Gasteiger partial charge in [-0.2, -0.15) is 4.98 Å². The number of carbonyl (C=O) groups excluding carboxylic acids is 1. The third-order valence-electron chi connectivity index (χ3n) is 5.07. The number of imidazole rings is 1. The fourth-order valence-electron chi connectivity index (χ4n) is 3.30. The fourth-order valence-corrected chi connectivity index (χ4v) is 3.47. The molecule has 2 aromatic heterocycles. The predicted molar refractivity (Wildman–Crippen MR) is 131 cm³/mol. The highest BCUT2D eigenvalue weighted by atomic mass is 35.5. The maximum atomic E-state index is 11.5. The molecule has 0 aliphatic heterocycles. The minimum atomic E-state index is -1.78. The van der Waals surface area contributed by atoms with Crippen molar-refractivity contribution in [3.63, 3.8) is 0 Å². The molecule has 0 atom stereocenters. The lowest BCUT2D eigenvalue weighted by Gasteiger charge is -2.20. The number of likely N-dealkylation sites (N-methyl/N-ethyl adjacent to an activating group) is 1. The summed E-state index contributed by atoms with van der Waals surface area (Å²) in [7, 11) is 5.26. The SMILES string of the molecule is CN(C)CCOC(c1ccccc1)c1ccccc1.Cn1c(=O)c2[nH]c(Cl)nc2n(C(=O)[O-])c1=O. The number of benzene rings is 2. The Kier molecular flexibility index (Phi) is 8.58. The summed E-state index contributed by atoms with van der Waals surface area (Å²) in [5.74, 6) is 0. The number of nitrogens with zero attached hydrogens (tertiary/aromatic N) is 4. The van der Waals surface area contributed by atoms with Crippen molar-refractivity contribution in [2.75, 3.05) is 27.2 Å². The summed E-state index contributed by atoms with van der Waals surface area (Å²) in [6, 6.07) is 20.8. The molecule has 1 N–H and O–H groups in total. The van der Waals surface area contributed by atoms with Crippen LogP contribution in [0, 0.1) is 0 Å². The molecule has 2 aromatic carbocycles. The van der Waals surface area contributed by atoms with Crippen LogP contribution in [-0.4, -0.2) is 57.3 Å². The van der Waals surface area contributed by atoms with Crippen molar-refractivity contribution < 1.29 is 14.6 Å². The highest BCUT2D eigenvalue weighted by Crippen LogP contribution is 2.25. The van der Waals surface area contributed by atoms with Crippen LogP contribution in [0.4, 0.5) is 4.79 Å². The Morgan fingerprint density at radius 2 is 1.63 bits per heavy atom. The topological polar surface area (TPSA) is 125 Å². The molecule has 0 fully saturated rings. The maximum absolute atomic E-state index is 11.5. The fraction of sp³-hybridized carbons (Fsp3) is 0.250. The van der Waals surface area contributed by atoms with Crippen LogP contribution in [-0.2, 0) is 11.8 Å².